The topological polar surface area (TPSA) is 77.4 Å². The van der Waals surface area contributed by atoms with Crippen molar-refractivity contribution in [1.29, 1.82) is 0 Å². The summed E-state index contributed by atoms with van der Waals surface area (Å²) < 4.78 is 10.4. The summed E-state index contributed by atoms with van der Waals surface area (Å²) in [6.45, 7) is 0. The summed E-state index contributed by atoms with van der Waals surface area (Å²) in [5.41, 5.74) is 2.45. The van der Waals surface area contributed by atoms with E-state index in [1.807, 2.05) is 24.3 Å². The van der Waals surface area contributed by atoms with Gasteiger partial charge in [-0.25, -0.2) is 0 Å². The third-order valence-electron chi connectivity index (χ3n) is 7.41. The second-order valence-electron chi connectivity index (χ2n) is 8.63. The van der Waals surface area contributed by atoms with E-state index in [1.165, 1.54) is 4.90 Å². The first-order valence-corrected chi connectivity index (χ1v) is 10.5. The first kappa shape index (κ1) is 18.4. The molecule has 0 N–H and O–H groups in total. The Balaban J connectivity index is 1.31. The highest BCUT2D eigenvalue weighted by Gasteiger charge is 2.70. The van der Waals surface area contributed by atoms with Crippen LogP contribution in [0.2, 0.25) is 0 Å². The standard InChI is InChI=1S/C24H22N2O5/c1-29-14-7-3-12(4-8-14)21-20-16-11-17(22(20)31-25-21)19-18(16)23(27)26(24(19)28)13-5-9-15(30-2)10-6-13/h3-10,16-20,22H,11H2,1-2H3/t16-,17+,18+,19+,20-,22-/m1/s1. The fourth-order valence-corrected chi connectivity index (χ4v) is 6.11. The lowest BCUT2D eigenvalue weighted by atomic mass is 9.71. The van der Waals surface area contributed by atoms with Gasteiger partial charge < -0.3 is 14.3 Å². The highest BCUT2D eigenvalue weighted by molar-refractivity contribution is 6.23. The van der Waals surface area contributed by atoms with Crippen molar-refractivity contribution in [1.82, 2.24) is 0 Å². The van der Waals surface area contributed by atoms with Crippen LogP contribution in [0.25, 0.3) is 0 Å². The van der Waals surface area contributed by atoms with Gasteiger partial charge in [0.2, 0.25) is 11.8 Å². The summed E-state index contributed by atoms with van der Waals surface area (Å²) in [7, 11) is 3.22. The third-order valence-corrected chi connectivity index (χ3v) is 7.41. The second-order valence-corrected chi connectivity index (χ2v) is 8.63. The lowest BCUT2D eigenvalue weighted by Gasteiger charge is -2.29. The van der Waals surface area contributed by atoms with Gasteiger partial charge in [0, 0.05) is 17.4 Å². The Bertz CT molecular complexity index is 1090. The van der Waals surface area contributed by atoms with Gasteiger partial charge in [0.25, 0.3) is 0 Å². The largest absolute Gasteiger partial charge is 0.497 e. The van der Waals surface area contributed by atoms with Crippen molar-refractivity contribution in [3.63, 3.8) is 0 Å². The summed E-state index contributed by atoms with van der Waals surface area (Å²) in [5.74, 6) is 0.706. The molecule has 2 saturated carbocycles. The van der Waals surface area contributed by atoms with Crippen LogP contribution in [0.4, 0.5) is 5.69 Å². The summed E-state index contributed by atoms with van der Waals surface area (Å²) in [6, 6.07) is 14.8. The molecule has 0 spiro atoms. The van der Waals surface area contributed by atoms with Crippen LogP contribution in [-0.2, 0) is 14.4 Å². The molecule has 2 heterocycles. The van der Waals surface area contributed by atoms with Gasteiger partial charge >= 0.3 is 0 Å². The fourth-order valence-electron chi connectivity index (χ4n) is 6.11. The summed E-state index contributed by atoms with van der Waals surface area (Å²) >= 11 is 0. The quantitative estimate of drug-likeness (QED) is 0.714. The van der Waals surface area contributed by atoms with Crippen molar-refractivity contribution in [3.05, 3.63) is 54.1 Å². The molecule has 2 bridgehead atoms. The Labute approximate surface area is 179 Å². The van der Waals surface area contributed by atoms with E-state index in [1.54, 1.807) is 38.5 Å². The van der Waals surface area contributed by atoms with Gasteiger partial charge in [-0.15, -0.1) is 0 Å². The van der Waals surface area contributed by atoms with Crippen LogP contribution in [0.15, 0.2) is 53.7 Å². The van der Waals surface area contributed by atoms with Crippen LogP contribution >= 0.6 is 0 Å². The predicted molar refractivity (Wildman–Crippen MR) is 112 cm³/mol. The van der Waals surface area contributed by atoms with Gasteiger partial charge in [0.1, 0.15) is 17.6 Å². The monoisotopic (exact) mass is 418 g/mol. The van der Waals surface area contributed by atoms with E-state index in [0.717, 1.165) is 23.4 Å². The van der Waals surface area contributed by atoms with Crippen LogP contribution in [0.3, 0.4) is 0 Å². The van der Waals surface area contributed by atoms with Crippen LogP contribution in [0.5, 0.6) is 11.5 Å². The zero-order valence-electron chi connectivity index (χ0n) is 17.2. The van der Waals surface area contributed by atoms with Crippen LogP contribution in [-0.4, -0.2) is 37.8 Å². The normalized spacial score (nSPS) is 32.6. The number of benzene rings is 2. The molecule has 2 aromatic rings. The molecule has 0 unspecified atom stereocenters. The molecule has 158 valence electrons. The second kappa shape index (κ2) is 6.57. The molecule has 2 aliphatic heterocycles. The Hall–Kier alpha value is -3.35. The number of carbonyl (C=O) groups excluding carboxylic acids is 2. The molecule has 7 heteroatoms. The summed E-state index contributed by atoms with van der Waals surface area (Å²) in [4.78, 5) is 34.0. The number of hydrogen-bond donors (Lipinski definition) is 0. The Morgan fingerprint density at radius 2 is 1.42 bits per heavy atom. The zero-order valence-corrected chi connectivity index (χ0v) is 17.2. The molecule has 7 nitrogen and oxygen atoms in total. The molecule has 3 fully saturated rings. The summed E-state index contributed by atoms with van der Waals surface area (Å²) in [6.07, 6.45) is 0.684. The maximum atomic E-state index is 13.4. The van der Waals surface area contributed by atoms with E-state index in [9.17, 15) is 9.59 Å². The molecular formula is C24H22N2O5. The lowest BCUT2D eigenvalue weighted by molar-refractivity contribution is -0.125. The smallest absolute Gasteiger partial charge is 0.238 e. The first-order valence-electron chi connectivity index (χ1n) is 10.5. The van der Waals surface area contributed by atoms with E-state index in [4.69, 9.17) is 14.3 Å². The number of nitrogens with zero attached hydrogens (tertiary/aromatic N) is 2. The van der Waals surface area contributed by atoms with E-state index in [0.29, 0.717) is 11.4 Å². The number of carbonyl (C=O) groups is 2. The van der Waals surface area contributed by atoms with Gasteiger partial charge in [-0.3, -0.25) is 14.5 Å². The van der Waals surface area contributed by atoms with Gasteiger partial charge in [-0.2, -0.15) is 0 Å². The van der Waals surface area contributed by atoms with Crippen LogP contribution < -0.4 is 14.4 Å². The lowest BCUT2D eigenvalue weighted by Crippen LogP contribution is -2.41. The van der Waals surface area contributed by atoms with Gasteiger partial charge in [-0.05, 0) is 60.9 Å². The number of oxime groups is 1. The fraction of sp³-hybridized carbons (Fsp3) is 0.375. The van der Waals surface area contributed by atoms with E-state index in [-0.39, 0.29) is 47.5 Å². The number of fused-ring (bicyclic) bond motifs is 8. The van der Waals surface area contributed by atoms with E-state index < -0.39 is 0 Å². The predicted octanol–water partition coefficient (Wildman–Crippen LogP) is 2.88. The SMILES string of the molecule is COc1ccc(C2=NO[C@@H]3[C@H]4C[C@@H]([C@H]23)[C@@H]2C(=O)N(c3ccc(OC)cc3)C(=O)[C@@H]42)cc1. The molecule has 31 heavy (non-hydrogen) atoms. The van der Waals surface area contributed by atoms with Crippen molar-refractivity contribution in [2.75, 3.05) is 19.1 Å². The molecule has 1 saturated heterocycles. The number of rotatable bonds is 4. The van der Waals surface area contributed by atoms with Gasteiger partial charge in [0.05, 0.1) is 37.5 Å². The number of imide groups is 1. The van der Waals surface area contributed by atoms with Gasteiger partial charge in [0.15, 0.2) is 0 Å². The molecule has 6 rings (SSSR count). The molecule has 6 atom stereocenters. The van der Waals surface area contributed by atoms with Crippen LogP contribution in [0, 0.1) is 29.6 Å². The van der Waals surface area contributed by atoms with E-state index >= 15 is 0 Å². The molecule has 0 aromatic heterocycles. The van der Waals surface area contributed by atoms with E-state index in [2.05, 4.69) is 5.16 Å². The van der Waals surface area contributed by atoms with Crippen molar-refractivity contribution >= 4 is 23.2 Å². The average molecular weight is 418 g/mol. The van der Waals surface area contributed by atoms with Crippen molar-refractivity contribution < 1.29 is 23.9 Å². The number of anilines is 1. The molecule has 2 aliphatic carbocycles. The summed E-state index contributed by atoms with van der Waals surface area (Å²) in [5, 5.41) is 4.39. The Morgan fingerprint density at radius 3 is 2.03 bits per heavy atom. The molecular weight excluding hydrogens is 396 g/mol. The van der Waals surface area contributed by atoms with Crippen molar-refractivity contribution in [2.24, 2.45) is 34.7 Å². The zero-order chi connectivity index (χ0) is 21.3. The van der Waals surface area contributed by atoms with Crippen molar-refractivity contribution in [3.8, 4) is 11.5 Å². The number of ether oxygens (including phenoxy) is 2. The molecule has 2 amide bonds. The minimum atomic E-state index is -0.328. The minimum absolute atomic E-state index is 0.0131. The molecule has 0 radical (unpaired) electrons. The number of amides is 2. The van der Waals surface area contributed by atoms with Crippen LogP contribution in [0.1, 0.15) is 12.0 Å². The Morgan fingerprint density at radius 1 is 0.839 bits per heavy atom. The average Bonchev–Trinajstić information content (AvgIpc) is 3.54. The van der Waals surface area contributed by atoms with Crippen molar-refractivity contribution in [2.45, 2.75) is 12.5 Å². The highest BCUT2D eigenvalue weighted by Crippen LogP contribution is 2.62. The minimum Gasteiger partial charge on any atom is -0.497 e. The maximum absolute atomic E-state index is 13.4. The third kappa shape index (κ3) is 2.43. The number of hydrogen-bond acceptors (Lipinski definition) is 6. The Kier molecular flexibility index (Phi) is 3.91. The molecule has 4 aliphatic rings. The molecule has 2 aromatic carbocycles. The van der Waals surface area contributed by atoms with Gasteiger partial charge in [-0.1, -0.05) is 5.16 Å². The maximum Gasteiger partial charge on any atom is 0.238 e. The first-order chi connectivity index (χ1) is 15.1. The highest BCUT2D eigenvalue weighted by atomic mass is 16.6. The number of methoxy groups -OCH3 is 2.